The predicted octanol–water partition coefficient (Wildman–Crippen LogP) is 0.672. The summed E-state index contributed by atoms with van der Waals surface area (Å²) < 4.78 is 27.6. The zero-order valence-electron chi connectivity index (χ0n) is 13.3. The van der Waals surface area contributed by atoms with Crippen LogP contribution in [0.5, 0.6) is 11.5 Å². The summed E-state index contributed by atoms with van der Waals surface area (Å²) in [5.41, 5.74) is 0. The molecule has 1 aromatic carbocycles. The molecule has 3 rings (SSSR count). The molecule has 0 aromatic heterocycles. The van der Waals surface area contributed by atoms with Crippen molar-refractivity contribution in [2.45, 2.75) is 50.3 Å². The van der Waals surface area contributed by atoms with E-state index in [1.807, 2.05) is 0 Å². The third-order valence-corrected chi connectivity index (χ3v) is 3.97. The van der Waals surface area contributed by atoms with Gasteiger partial charge >= 0.3 is 0 Å². The van der Waals surface area contributed by atoms with Crippen LogP contribution in [0.15, 0.2) is 24.3 Å². The van der Waals surface area contributed by atoms with E-state index in [9.17, 15) is 10.2 Å². The summed E-state index contributed by atoms with van der Waals surface area (Å²) in [6.07, 6.45) is -4.53. The maximum absolute atomic E-state index is 10.3. The summed E-state index contributed by atoms with van der Waals surface area (Å²) >= 11 is 0. The van der Waals surface area contributed by atoms with Crippen LogP contribution in [0.4, 0.5) is 0 Å². The number of methoxy groups -OCH3 is 1. The third kappa shape index (κ3) is 3.44. The average Bonchev–Trinajstić information content (AvgIpc) is 2.53. The van der Waals surface area contributed by atoms with Crippen molar-refractivity contribution in [3.8, 4) is 11.5 Å². The average molecular weight is 326 g/mol. The van der Waals surface area contributed by atoms with Crippen molar-refractivity contribution in [1.29, 1.82) is 0 Å². The van der Waals surface area contributed by atoms with Gasteiger partial charge in [0, 0.05) is 0 Å². The molecule has 2 aliphatic rings. The molecule has 0 bridgehead atoms. The van der Waals surface area contributed by atoms with Crippen molar-refractivity contribution in [2.24, 2.45) is 0 Å². The van der Waals surface area contributed by atoms with E-state index in [1.165, 1.54) is 0 Å². The number of hydrogen-bond acceptors (Lipinski definition) is 7. The molecule has 2 N–H and O–H groups in total. The Morgan fingerprint density at radius 2 is 1.74 bits per heavy atom. The molecule has 1 aromatic rings. The van der Waals surface area contributed by atoms with E-state index in [4.69, 9.17) is 23.7 Å². The second-order valence-corrected chi connectivity index (χ2v) is 6.11. The third-order valence-electron chi connectivity index (χ3n) is 3.97. The van der Waals surface area contributed by atoms with Gasteiger partial charge < -0.3 is 33.9 Å². The summed E-state index contributed by atoms with van der Waals surface area (Å²) in [6.45, 7) is 3.76. The molecule has 0 radical (unpaired) electrons. The molecule has 5 atom stereocenters. The van der Waals surface area contributed by atoms with Gasteiger partial charge in [-0.05, 0) is 38.1 Å². The first kappa shape index (κ1) is 16.5. The molecular weight excluding hydrogens is 304 g/mol. The Bertz CT molecular complexity index is 528. The fraction of sp³-hybridized carbons (Fsp3) is 0.625. The molecule has 7 nitrogen and oxygen atoms in total. The standard InChI is InChI=1S/C16H22O7/c1-16(2)20-8-11-14(23-16)12(17)13(18)15(22-11)21-10-6-4-9(19-3)5-7-10/h4-7,11-15,17-18H,8H2,1-3H3/t11-,12-,13-,14-,15-/m1/s1. The highest BCUT2D eigenvalue weighted by atomic mass is 16.8. The molecule has 23 heavy (non-hydrogen) atoms. The second-order valence-electron chi connectivity index (χ2n) is 6.11. The fourth-order valence-corrected chi connectivity index (χ4v) is 2.72. The van der Waals surface area contributed by atoms with Crippen LogP contribution in [0.2, 0.25) is 0 Å². The van der Waals surface area contributed by atoms with Crippen molar-refractivity contribution in [3.63, 3.8) is 0 Å². The Hall–Kier alpha value is -1.38. The van der Waals surface area contributed by atoms with Crippen LogP contribution in [-0.4, -0.2) is 60.4 Å². The quantitative estimate of drug-likeness (QED) is 0.844. The van der Waals surface area contributed by atoms with Crippen LogP contribution in [0, 0.1) is 0 Å². The SMILES string of the molecule is COc1ccc(O[C@@H]2O[C@@H]3COC(C)(C)O[C@H]3[C@H](O)[C@H]2O)cc1. The highest BCUT2D eigenvalue weighted by Gasteiger charge is 2.51. The van der Waals surface area contributed by atoms with Gasteiger partial charge in [0.2, 0.25) is 6.29 Å². The number of rotatable bonds is 3. The molecular formula is C16H22O7. The van der Waals surface area contributed by atoms with Gasteiger partial charge in [-0.3, -0.25) is 0 Å². The zero-order chi connectivity index (χ0) is 16.6. The lowest BCUT2D eigenvalue weighted by molar-refractivity contribution is -0.373. The minimum atomic E-state index is -1.23. The van der Waals surface area contributed by atoms with E-state index < -0.39 is 36.5 Å². The normalized spacial score (nSPS) is 36.1. The lowest BCUT2D eigenvalue weighted by atomic mass is 9.97. The highest BCUT2D eigenvalue weighted by molar-refractivity contribution is 5.31. The number of benzene rings is 1. The molecule has 0 saturated carbocycles. The van der Waals surface area contributed by atoms with Gasteiger partial charge in [0.15, 0.2) is 5.79 Å². The smallest absolute Gasteiger partial charge is 0.229 e. The minimum Gasteiger partial charge on any atom is -0.497 e. The molecule has 2 fully saturated rings. The van der Waals surface area contributed by atoms with Crippen LogP contribution >= 0.6 is 0 Å². The maximum atomic E-state index is 10.3. The lowest BCUT2D eigenvalue weighted by Crippen LogP contribution is -2.65. The number of aliphatic hydroxyl groups excluding tert-OH is 2. The van der Waals surface area contributed by atoms with Gasteiger partial charge in [0.1, 0.15) is 35.9 Å². The van der Waals surface area contributed by atoms with Crippen LogP contribution in [0.1, 0.15) is 13.8 Å². The van der Waals surface area contributed by atoms with Crippen molar-refractivity contribution in [1.82, 2.24) is 0 Å². The fourth-order valence-electron chi connectivity index (χ4n) is 2.72. The molecule has 0 spiro atoms. The summed E-state index contributed by atoms with van der Waals surface area (Å²) in [5, 5.41) is 20.6. The molecule has 128 valence electrons. The van der Waals surface area contributed by atoms with Gasteiger partial charge in [0.05, 0.1) is 13.7 Å². The topological polar surface area (TPSA) is 86.6 Å². The van der Waals surface area contributed by atoms with E-state index in [2.05, 4.69) is 0 Å². The van der Waals surface area contributed by atoms with Gasteiger partial charge in [0.25, 0.3) is 0 Å². The van der Waals surface area contributed by atoms with Gasteiger partial charge in [-0.15, -0.1) is 0 Å². The van der Waals surface area contributed by atoms with E-state index in [0.717, 1.165) is 0 Å². The first-order valence-corrected chi connectivity index (χ1v) is 7.54. The molecule has 2 aliphatic heterocycles. The Morgan fingerprint density at radius 3 is 2.39 bits per heavy atom. The number of aliphatic hydroxyl groups is 2. The number of hydrogen-bond donors (Lipinski definition) is 2. The van der Waals surface area contributed by atoms with E-state index in [1.54, 1.807) is 45.2 Å². The van der Waals surface area contributed by atoms with Crippen molar-refractivity contribution in [3.05, 3.63) is 24.3 Å². The zero-order valence-corrected chi connectivity index (χ0v) is 13.3. The van der Waals surface area contributed by atoms with Crippen LogP contribution in [0.3, 0.4) is 0 Å². The Balaban J connectivity index is 1.69. The van der Waals surface area contributed by atoms with E-state index in [0.29, 0.717) is 11.5 Å². The van der Waals surface area contributed by atoms with Crippen molar-refractivity contribution in [2.75, 3.05) is 13.7 Å². The molecule has 0 unspecified atom stereocenters. The number of ether oxygens (including phenoxy) is 5. The summed E-state index contributed by atoms with van der Waals surface area (Å²) in [6, 6.07) is 6.87. The molecule has 0 aliphatic carbocycles. The Morgan fingerprint density at radius 1 is 1.09 bits per heavy atom. The second kappa shape index (κ2) is 6.26. The maximum Gasteiger partial charge on any atom is 0.229 e. The largest absolute Gasteiger partial charge is 0.497 e. The lowest BCUT2D eigenvalue weighted by Gasteiger charge is -2.48. The molecule has 0 amide bonds. The van der Waals surface area contributed by atoms with Crippen LogP contribution in [0.25, 0.3) is 0 Å². The summed E-state index contributed by atoms with van der Waals surface area (Å²) in [5.74, 6) is 0.367. The van der Waals surface area contributed by atoms with Gasteiger partial charge in [-0.2, -0.15) is 0 Å². The predicted molar refractivity (Wildman–Crippen MR) is 79.2 cm³/mol. The Kier molecular flexibility index (Phi) is 4.48. The minimum absolute atomic E-state index is 0.254. The molecule has 2 heterocycles. The highest BCUT2D eigenvalue weighted by Crippen LogP contribution is 2.33. The summed E-state index contributed by atoms with van der Waals surface area (Å²) in [7, 11) is 1.57. The van der Waals surface area contributed by atoms with Gasteiger partial charge in [-0.1, -0.05) is 0 Å². The van der Waals surface area contributed by atoms with Crippen molar-refractivity contribution >= 4 is 0 Å². The first-order valence-electron chi connectivity index (χ1n) is 7.54. The molecule has 2 saturated heterocycles. The van der Waals surface area contributed by atoms with Crippen LogP contribution < -0.4 is 9.47 Å². The van der Waals surface area contributed by atoms with Gasteiger partial charge in [-0.25, -0.2) is 0 Å². The number of fused-ring (bicyclic) bond motifs is 1. The monoisotopic (exact) mass is 326 g/mol. The summed E-state index contributed by atoms with van der Waals surface area (Å²) in [4.78, 5) is 0. The van der Waals surface area contributed by atoms with E-state index >= 15 is 0 Å². The van der Waals surface area contributed by atoms with E-state index in [-0.39, 0.29) is 6.61 Å². The Labute approximate surface area is 134 Å². The first-order chi connectivity index (χ1) is 10.9. The van der Waals surface area contributed by atoms with Crippen molar-refractivity contribution < 1.29 is 33.9 Å². The molecule has 7 heteroatoms. The van der Waals surface area contributed by atoms with Crippen LogP contribution in [-0.2, 0) is 14.2 Å².